The van der Waals surface area contributed by atoms with Crippen molar-refractivity contribution in [3.05, 3.63) is 11.6 Å². The SMILES string of the molecule is C[C@H](CO)[C@H]1CC(=O)[C@]23[C@@H]4C=C(CO)CC[C@@H]4[C@@]2(C)CC[C@]13C. The van der Waals surface area contributed by atoms with Crippen molar-refractivity contribution in [2.24, 2.45) is 39.9 Å². The van der Waals surface area contributed by atoms with Crippen molar-refractivity contribution in [3.8, 4) is 0 Å². The number of ketones is 1. The fraction of sp³-hybridized carbons (Fsp3) is 0.850. The van der Waals surface area contributed by atoms with Crippen molar-refractivity contribution in [3.63, 3.8) is 0 Å². The van der Waals surface area contributed by atoms with Gasteiger partial charge in [-0.25, -0.2) is 0 Å². The van der Waals surface area contributed by atoms with Crippen LogP contribution < -0.4 is 0 Å². The molecule has 3 nitrogen and oxygen atoms in total. The number of Topliss-reactive ketones (excluding diaryl/α,β-unsaturated/α-hetero) is 1. The van der Waals surface area contributed by atoms with E-state index in [9.17, 15) is 15.0 Å². The molecule has 0 aliphatic heterocycles. The van der Waals surface area contributed by atoms with Gasteiger partial charge in [0, 0.05) is 18.4 Å². The van der Waals surface area contributed by atoms with Crippen LogP contribution in [0.5, 0.6) is 0 Å². The highest BCUT2D eigenvalue weighted by Gasteiger charge is 2.83. The lowest BCUT2D eigenvalue weighted by atomic mass is 9.34. The number of carbonyl (C=O) groups is 1. The maximum atomic E-state index is 13.4. The van der Waals surface area contributed by atoms with Gasteiger partial charge in [-0.2, -0.15) is 0 Å². The predicted octanol–water partition coefficient (Wildman–Crippen LogP) is 2.96. The van der Waals surface area contributed by atoms with Gasteiger partial charge < -0.3 is 10.2 Å². The quantitative estimate of drug-likeness (QED) is 0.787. The molecule has 1 spiro atoms. The van der Waals surface area contributed by atoms with Gasteiger partial charge in [0.25, 0.3) is 0 Å². The van der Waals surface area contributed by atoms with E-state index in [0.29, 0.717) is 30.0 Å². The van der Waals surface area contributed by atoms with Crippen molar-refractivity contribution < 1.29 is 15.0 Å². The molecule has 3 heteroatoms. The summed E-state index contributed by atoms with van der Waals surface area (Å²) in [6.07, 6.45) is 7.28. The van der Waals surface area contributed by atoms with Crippen LogP contribution in [-0.4, -0.2) is 29.2 Å². The zero-order valence-corrected chi connectivity index (χ0v) is 14.6. The van der Waals surface area contributed by atoms with Crippen molar-refractivity contribution in [1.82, 2.24) is 0 Å². The van der Waals surface area contributed by atoms with Crippen molar-refractivity contribution in [1.29, 1.82) is 0 Å². The lowest BCUT2D eigenvalue weighted by Crippen LogP contribution is -2.68. The summed E-state index contributed by atoms with van der Waals surface area (Å²) in [7, 11) is 0. The molecule has 128 valence electrons. The molecule has 0 saturated heterocycles. The Labute approximate surface area is 139 Å². The summed E-state index contributed by atoms with van der Waals surface area (Å²) in [4.78, 5) is 13.4. The van der Waals surface area contributed by atoms with Gasteiger partial charge in [-0.15, -0.1) is 0 Å². The standard InChI is InChI=1S/C20H30O3/c1-12(10-21)15-9-17(23)20-16-8-13(11-22)4-5-14(16)18(20,2)6-7-19(15,20)3/h8,12,14-16,21-22H,4-7,9-11H2,1-3H3/t12-,14+,15-,16-,18-,19-,20-/m1/s1. The Morgan fingerprint density at radius 1 is 1.26 bits per heavy atom. The maximum absolute atomic E-state index is 13.4. The molecule has 0 radical (unpaired) electrons. The lowest BCUT2D eigenvalue weighted by molar-refractivity contribution is -0.203. The average molecular weight is 318 g/mol. The third kappa shape index (κ3) is 1.48. The molecule has 0 heterocycles. The highest BCUT2D eigenvalue weighted by atomic mass is 16.3. The topological polar surface area (TPSA) is 57.5 Å². The van der Waals surface area contributed by atoms with Crippen LogP contribution in [0.25, 0.3) is 0 Å². The Kier molecular flexibility index (Phi) is 3.23. The van der Waals surface area contributed by atoms with E-state index < -0.39 is 0 Å². The van der Waals surface area contributed by atoms with Crippen LogP contribution in [0.15, 0.2) is 11.6 Å². The molecule has 3 fully saturated rings. The number of rotatable bonds is 3. The van der Waals surface area contributed by atoms with Crippen LogP contribution in [0.2, 0.25) is 0 Å². The summed E-state index contributed by atoms with van der Waals surface area (Å²) >= 11 is 0. The van der Waals surface area contributed by atoms with Gasteiger partial charge in [-0.05, 0) is 65.8 Å². The summed E-state index contributed by atoms with van der Waals surface area (Å²) in [5.74, 6) is 1.86. The number of aliphatic hydroxyl groups excluding tert-OH is 2. The molecule has 4 rings (SSSR count). The summed E-state index contributed by atoms with van der Waals surface area (Å²) in [5.41, 5.74) is 1.03. The second-order valence-electron chi connectivity index (χ2n) is 9.19. The van der Waals surface area contributed by atoms with E-state index in [1.807, 2.05) is 0 Å². The van der Waals surface area contributed by atoms with Crippen molar-refractivity contribution >= 4 is 5.78 Å². The van der Waals surface area contributed by atoms with E-state index in [1.54, 1.807) is 0 Å². The van der Waals surface area contributed by atoms with Gasteiger partial charge in [-0.3, -0.25) is 4.79 Å². The molecule has 0 amide bonds. The Hall–Kier alpha value is -0.670. The minimum Gasteiger partial charge on any atom is -0.396 e. The average Bonchev–Trinajstić information content (AvgIpc) is 2.92. The number of carbonyl (C=O) groups excluding carboxylic acids is 1. The lowest BCUT2D eigenvalue weighted by Gasteiger charge is -2.68. The minimum atomic E-state index is -0.237. The van der Waals surface area contributed by atoms with Crippen LogP contribution in [-0.2, 0) is 4.79 Å². The second kappa shape index (κ2) is 4.70. The largest absolute Gasteiger partial charge is 0.396 e. The van der Waals surface area contributed by atoms with Gasteiger partial charge in [0.1, 0.15) is 5.78 Å². The molecule has 3 saturated carbocycles. The van der Waals surface area contributed by atoms with E-state index in [4.69, 9.17) is 0 Å². The summed E-state index contributed by atoms with van der Waals surface area (Å²) in [6, 6.07) is 0. The first kappa shape index (κ1) is 15.8. The Morgan fingerprint density at radius 3 is 2.61 bits per heavy atom. The smallest absolute Gasteiger partial charge is 0.141 e. The minimum absolute atomic E-state index is 0.0105. The molecule has 4 aliphatic carbocycles. The molecular weight excluding hydrogens is 288 g/mol. The van der Waals surface area contributed by atoms with E-state index in [0.717, 1.165) is 31.3 Å². The van der Waals surface area contributed by atoms with Gasteiger partial charge in [0.05, 0.1) is 6.61 Å². The Balaban J connectivity index is 1.84. The maximum Gasteiger partial charge on any atom is 0.141 e. The molecule has 0 aromatic carbocycles. The monoisotopic (exact) mass is 318 g/mol. The number of hydrogen-bond acceptors (Lipinski definition) is 3. The summed E-state index contributed by atoms with van der Waals surface area (Å²) < 4.78 is 0. The second-order valence-corrected chi connectivity index (χ2v) is 9.19. The number of aliphatic hydroxyl groups is 2. The van der Waals surface area contributed by atoms with Crippen LogP contribution in [0.4, 0.5) is 0 Å². The van der Waals surface area contributed by atoms with Gasteiger partial charge in [-0.1, -0.05) is 26.8 Å². The molecule has 0 bridgehead atoms. The van der Waals surface area contributed by atoms with Gasteiger partial charge in [0.15, 0.2) is 0 Å². The van der Waals surface area contributed by atoms with Gasteiger partial charge >= 0.3 is 0 Å². The van der Waals surface area contributed by atoms with E-state index in [2.05, 4.69) is 26.8 Å². The molecule has 2 N–H and O–H groups in total. The van der Waals surface area contributed by atoms with Crippen LogP contribution >= 0.6 is 0 Å². The van der Waals surface area contributed by atoms with Crippen molar-refractivity contribution in [2.45, 2.75) is 52.9 Å². The molecule has 0 aromatic rings. The van der Waals surface area contributed by atoms with E-state index in [1.165, 1.54) is 0 Å². The summed E-state index contributed by atoms with van der Waals surface area (Å²) in [6.45, 7) is 7.10. The zero-order chi connectivity index (χ0) is 16.6. The van der Waals surface area contributed by atoms with Crippen LogP contribution in [0.1, 0.15) is 52.9 Å². The van der Waals surface area contributed by atoms with Crippen LogP contribution in [0.3, 0.4) is 0 Å². The fourth-order valence-electron chi connectivity index (χ4n) is 7.80. The third-order valence-corrected chi connectivity index (χ3v) is 8.75. The predicted molar refractivity (Wildman–Crippen MR) is 88.6 cm³/mol. The Morgan fingerprint density at radius 2 is 1.96 bits per heavy atom. The first-order valence-corrected chi connectivity index (χ1v) is 9.31. The molecule has 23 heavy (non-hydrogen) atoms. The number of allylic oxidation sites excluding steroid dienone is 1. The Bertz CT molecular complexity index is 581. The zero-order valence-electron chi connectivity index (χ0n) is 14.6. The third-order valence-electron chi connectivity index (χ3n) is 8.75. The highest BCUT2D eigenvalue weighted by Crippen LogP contribution is 2.85. The molecule has 0 aromatic heterocycles. The van der Waals surface area contributed by atoms with Gasteiger partial charge in [0.2, 0.25) is 0 Å². The fourth-order valence-corrected chi connectivity index (χ4v) is 7.80. The molecule has 4 aliphatic rings. The van der Waals surface area contributed by atoms with Crippen LogP contribution in [0, 0.1) is 39.9 Å². The molecular formula is C20H30O3. The first-order valence-electron chi connectivity index (χ1n) is 9.31. The van der Waals surface area contributed by atoms with E-state index in [-0.39, 0.29) is 35.4 Å². The molecule has 0 unspecified atom stereocenters. The first-order chi connectivity index (χ1) is 10.9. The number of fused-ring (bicyclic) bond motifs is 2. The highest BCUT2D eigenvalue weighted by molar-refractivity contribution is 5.92. The van der Waals surface area contributed by atoms with E-state index >= 15 is 0 Å². The van der Waals surface area contributed by atoms with Crippen molar-refractivity contribution in [2.75, 3.05) is 13.2 Å². The number of hydrogen-bond donors (Lipinski definition) is 2. The molecule has 7 atom stereocenters. The normalized spacial score (nSPS) is 52.3. The summed E-state index contributed by atoms with van der Waals surface area (Å²) in [5, 5.41) is 19.3.